The van der Waals surface area contributed by atoms with E-state index in [0.29, 0.717) is 19.6 Å². The largest absolute Gasteiger partial charge is 0.493 e. The lowest BCUT2D eigenvalue weighted by Gasteiger charge is -2.15. The van der Waals surface area contributed by atoms with Crippen LogP contribution in [0.2, 0.25) is 0 Å². The number of nitrogens with one attached hydrogen (secondary N) is 2. The van der Waals surface area contributed by atoms with E-state index in [1.54, 1.807) is 4.90 Å². The molecule has 0 bridgehead atoms. The zero-order valence-corrected chi connectivity index (χ0v) is 15.6. The second-order valence-electron chi connectivity index (χ2n) is 7.09. The normalized spacial score (nSPS) is 14.3. The lowest BCUT2D eigenvalue weighted by Crippen LogP contribution is -3.08. The molecule has 4 heteroatoms. The van der Waals surface area contributed by atoms with Crippen LogP contribution in [-0.2, 0) is 17.9 Å². The van der Waals surface area contributed by atoms with Crippen LogP contribution in [0, 0.1) is 6.92 Å². The molecule has 0 radical (unpaired) electrons. The highest BCUT2D eigenvalue weighted by Gasteiger charge is 2.17. The molecule has 138 valence electrons. The Morgan fingerprint density at radius 1 is 1.04 bits per heavy atom. The molecule has 1 amide bonds. The monoisotopic (exact) mass is 353 g/mol. The Bertz CT molecular complexity index is 706. The maximum atomic E-state index is 12.1. The average molecular weight is 353 g/mol. The Morgan fingerprint density at radius 3 is 2.46 bits per heavy atom. The SMILES string of the molecule is Cc1ccc(OCCC(=O)NCc2ccccc2C[NH+]2CCCC2)cc1. The van der Waals surface area contributed by atoms with Crippen molar-refractivity contribution >= 4 is 5.91 Å². The molecular weight excluding hydrogens is 324 g/mol. The number of rotatable bonds is 8. The molecule has 1 fully saturated rings. The summed E-state index contributed by atoms with van der Waals surface area (Å²) in [6.07, 6.45) is 3.03. The Labute approximate surface area is 156 Å². The van der Waals surface area contributed by atoms with Gasteiger partial charge in [-0.25, -0.2) is 0 Å². The molecule has 4 nitrogen and oxygen atoms in total. The molecule has 0 aliphatic carbocycles. The first-order valence-electron chi connectivity index (χ1n) is 9.57. The Morgan fingerprint density at radius 2 is 1.73 bits per heavy atom. The van der Waals surface area contributed by atoms with E-state index in [9.17, 15) is 4.79 Å². The van der Waals surface area contributed by atoms with Crippen LogP contribution < -0.4 is 15.0 Å². The first-order chi connectivity index (χ1) is 12.7. The van der Waals surface area contributed by atoms with Gasteiger partial charge in [0.1, 0.15) is 12.3 Å². The van der Waals surface area contributed by atoms with Crippen LogP contribution in [0.1, 0.15) is 36.0 Å². The van der Waals surface area contributed by atoms with Gasteiger partial charge in [0.25, 0.3) is 0 Å². The highest BCUT2D eigenvalue weighted by molar-refractivity contribution is 5.76. The van der Waals surface area contributed by atoms with E-state index in [0.717, 1.165) is 12.3 Å². The van der Waals surface area contributed by atoms with Crippen LogP contribution in [0.15, 0.2) is 48.5 Å². The number of quaternary nitrogens is 1. The van der Waals surface area contributed by atoms with E-state index in [-0.39, 0.29) is 5.91 Å². The first-order valence-corrected chi connectivity index (χ1v) is 9.57. The number of likely N-dealkylation sites (tertiary alicyclic amines) is 1. The fourth-order valence-electron chi connectivity index (χ4n) is 3.40. The molecule has 0 saturated carbocycles. The van der Waals surface area contributed by atoms with Crippen molar-refractivity contribution in [2.45, 2.75) is 39.3 Å². The summed E-state index contributed by atoms with van der Waals surface area (Å²) in [6.45, 7) is 6.61. The fraction of sp³-hybridized carbons (Fsp3) is 0.409. The number of benzene rings is 2. The van der Waals surface area contributed by atoms with E-state index < -0.39 is 0 Å². The van der Waals surface area contributed by atoms with Gasteiger partial charge in [-0.05, 0) is 24.6 Å². The zero-order chi connectivity index (χ0) is 18.2. The molecule has 2 aromatic rings. The standard InChI is InChI=1S/C22H28N2O2/c1-18-8-10-21(11-9-18)26-15-12-22(25)23-16-19-6-2-3-7-20(19)17-24-13-4-5-14-24/h2-3,6-11H,4-5,12-17H2,1H3,(H,23,25)/p+1. The summed E-state index contributed by atoms with van der Waals surface area (Å²) in [7, 11) is 0. The summed E-state index contributed by atoms with van der Waals surface area (Å²) < 4.78 is 5.63. The summed E-state index contributed by atoms with van der Waals surface area (Å²) in [4.78, 5) is 13.8. The van der Waals surface area contributed by atoms with E-state index in [4.69, 9.17) is 4.74 Å². The molecule has 1 saturated heterocycles. The predicted octanol–water partition coefficient (Wildman–Crippen LogP) is 2.26. The minimum absolute atomic E-state index is 0.0282. The minimum atomic E-state index is 0.0282. The van der Waals surface area contributed by atoms with Crippen LogP contribution in [0.4, 0.5) is 0 Å². The van der Waals surface area contributed by atoms with Crippen molar-refractivity contribution in [2.24, 2.45) is 0 Å². The van der Waals surface area contributed by atoms with Gasteiger partial charge in [-0.3, -0.25) is 4.79 Å². The van der Waals surface area contributed by atoms with Gasteiger partial charge in [0.2, 0.25) is 5.91 Å². The number of ether oxygens (including phenoxy) is 1. The zero-order valence-electron chi connectivity index (χ0n) is 15.6. The predicted molar refractivity (Wildman–Crippen MR) is 103 cm³/mol. The Kier molecular flexibility index (Phi) is 6.67. The van der Waals surface area contributed by atoms with Gasteiger partial charge < -0.3 is 15.0 Å². The average Bonchev–Trinajstić information content (AvgIpc) is 3.16. The third kappa shape index (κ3) is 5.60. The van der Waals surface area contributed by atoms with Crippen molar-refractivity contribution in [3.63, 3.8) is 0 Å². The van der Waals surface area contributed by atoms with Crippen molar-refractivity contribution in [3.05, 3.63) is 65.2 Å². The van der Waals surface area contributed by atoms with E-state index >= 15 is 0 Å². The van der Waals surface area contributed by atoms with Gasteiger partial charge in [0.05, 0.1) is 26.1 Å². The summed E-state index contributed by atoms with van der Waals surface area (Å²) in [5.74, 6) is 0.836. The third-order valence-corrected chi connectivity index (χ3v) is 4.96. The molecule has 3 rings (SSSR count). The lowest BCUT2D eigenvalue weighted by atomic mass is 10.1. The van der Waals surface area contributed by atoms with Crippen LogP contribution in [-0.4, -0.2) is 25.6 Å². The number of aryl methyl sites for hydroxylation is 1. The summed E-state index contributed by atoms with van der Waals surface area (Å²) in [5.41, 5.74) is 3.77. The van der Waals surface area contributed by atoms with E-state index in [1.165, 1.54) is 42.6 Å². The van der Waals surface area contributed by atoms with Gasteiger partial charge in [-0.1, -0.05) is 42.0 Å². The number of amides is 1. The maximum Gasteiger partial charge on any atom is 0.223 e. The molecule has 1 aliphatic rings. The van der Waals surface area contributed by atoms with Crippen LogP contribution in [0.5, 0.6) is 5.75 Å². The van der Waals surface area contributed by atoms with Crippen molar-refractivity contribution in [3.8, 4) is 5.75 Å². The molecule has 2 aromatic carbocycles. The lowest BCUT2D eigenvalue weighted by molar-refractivity contribution is -0.901. The summed E-state index contributed by atoms with van der Waals surface area (Å²) in [5, 5.41) is 3.03. The van der Waals surface area contributed by atoms with Crippen LogP contribution in [0.25, 0.3) is 0 Å². The molecule has 0 aromatic heterocycles. The van der Waals surface area contributed by atoms with E-state index in [1.807, 2.05) is 37.3 Å². The first kappa shape index (κ1) is 18.5. The molecule has 1 aliphatic heterocycles. The Balaban J connectivity index is 1.43. The molecule has 0 spiro atoms. The Hall–Kier alpha value is -2.33. The van der Waals surface area contributed by atoms with Crippen LogP contribution in [0.3, 0.4) is 0 Å². The van der Waals surface area contributed by atoms with Gasteiger partial charge in [0.15, 0.2) is 0 Å². The molecule has 26 heavy (non-hydrogen) atoms. The van der Waals surface area contributed by atoms with Gasteiger partial charge in [0, 0.05) is 24.9 Å². The molecule has 0 unspecified atom stereocenters. The van der Waals surface area contributed by atoms with Crippen LogP contribution >= 0.6 is 0 Å². The molecule has 2 N–H and O–H groups in total. The number of carbonyl (C=O) groups excluding carboxylic acids is 1. The second-order valence-corrected chi connectivity index (χ2v) is 7.09. The summed E-state index contributed by atoms with van der Waals surface area (Å²) >= 11 is 0. The number of hydrogen-bond donors (Lipinski definition) is 2. The van der Waals surface area contributed by atoms with Gasteiger partial charge >= 0.3 is 0 Å². The molecule has 0 atom stereocenters. The highest BCUT2D eigenvalue weighted by Crippen LogP contribution is 2.12. The van der Waals surface area contributed by atoms with Crippen molar-refractivity contribution in [2.75, 3.05) is 19.7 Å². The van der Waals surface area contributed by atoms with Crippen molar-refractivity contribution in [1.82, 2.24) is 5.32 Å². The number of hydrogen-bond acceptors (Lipinski definition) is 2. The third-order valence-electron chi connectivity index (χ3n) is 4.96. The van der Waals surface area contributed by atoms with Crippen molar-refractivity contribution in [1.29, 1.82) is 0 Å². The number of carbonyl (C=O) groups is 1. The fourth-order valence-corrected chi connectivity index (χ4v) is 3.40. The highest BCUT2D eigenvalue weighted by atomic mass is 16.5. The quantitative estimate of drug-likeness (QED) is 0.764. The summed E-state index contributed by atoms with van der Waals surface area (Å²) in [6, 6.07) is 16.3. The smallest absolute Gasteiger partial charge is 0.223 e. The molecule has 1 heterocycles. The maximum absolute atomic E-state index is 12.1. The minimum Gasteiger partial charge on any atom is -0.493 e. The molecular formula is C22H29N2O2+. The van der Waals surface area contributed by atoms with Crippen molar-refractivity contribution < 1.29 is 14.4 Å². The second kappa shape index (κ2) is 9.39. The van der Waals surface area contributed by atoms with Gasteiger partial charge in [-0.15, -0.1) is 0 Å². The van der Waals surface area contributed by atoms with Gasteiger partial charge in [-0.2, -0.15) is 0 Å². The van der Waals surface area contributed by atoms with E-state index in [2.05, 4.69) is 23.5 Å². The topological polar surface area (TPSA) is 42.8 Å².